The van der Waals surface area contributed by atoms with Crippen LogP contribution in [0.2, 0.25) is 0 Å². The molecule has 3 heterocycles. The van der Waals surface area contributed by atoms with Crippen molar-refractivity contribution in [1.29, 1.82) is 0 Å². The smallest absolute Gasteiger partial charge is 0.167 e. The maximum absolute atomic E-state index is 10.2. The van der Waals surface area contributed by atoms with Gasteiger partial charge in [-0.15, -0.1) is 0 Å². The molecule has 1 saturated carbocycles. The molecule has 136 valence electrons. The van der Waals surface area contributed by atoms with Crippen LogP contribution in [0.1, 0.15) is 25.5 Å². The molecule has 0 bridgehead atoms. The zero-order valence-corrected chi connectivity index (χ0v) is 13.4. The summed E-state index contributed by atoms with van der Waals surface area (Å²) in [6.45, 7) is -0.400. The lowest BCUT2D eigenvalue weighted by atomic mass is 10.1. The third kappa shape index (κ3) is 2.75. The maximum atomic E-state index is 10.2. The molecule has 5 N–H and O–H groups in total. The Labute approximate surface area is 143 Å². The van der Waals surface area contributed by atoms with Crippen LogP contribution in [0.5, 0.6) is 0 Å². The van der Waals surface area contributed by atoms with Crippen molar-refractivity contribution in [1.82, 2.24) is 19.5 Å². The van der Waals surface area contributed by atoms with Gasteiger partial charge in [0.1, 0.15) is 24.6 Å². The van der Waals surface area contributed by atoms with Gasteiger partial charge >= 0.3 is 0 Å². The number of aliphatic hydroxyl groups excluding tert-OH is 4. The third-order valence-electron chi connectivity index (χ3n) is 4.95. The Morgan fingerprint density at radius 1 is 1.16 bits per heavy atom. The van der Waals surface area contributed by atoms with Crippen molar-refractivity contribution in [3.05, 3.63) is 12.7 Å². The second-order valence-electron chi connectivity index (χ2n) is 6.52. The summed E-state index contributed by atoms with van der Waals surface area (Å²) < 4.78 is 7.04. The van der Waals surface area contributed by atoms with Gasteiger partial charge in [0.05, 0.1) is 25.1 Å². The molecule has 0 spiro atoms. The SMILES string of the molecule is OC[C@H]1O[C@@H](n2cnc3c(N[C@@H]4CCC[C@H]4O)ncnc32)C(O)[C@H]1O. The highest BCUT2D eigenvalue weighted by Crippen LogP contribution is 2.32. The number of imidazole rings is 1. The van der Waals surface area contributed by atoms with Crippen LogP contribution in [0.25, 0.3) is 11.2 Å². The second kappa shape index (κ2) is 6.46. The van der Waals surface area contributed by atoms with E-state index in [1.165, 1.54) is 17.2 Å². The first-order valence-electron chi connectivity index (χ1n) is 8.34. The van der Waals surface area contributed by atoms with Gasteiger partial charge in [-0.1, -0.05) is 0 Å². The van der Waals surface area contributed by atoms with Gasteiger partial charge in [0.25, 0.3) is 0 Å². The quantitative estimate of drug-likeness (QED) is 0.456. The van der Waals surface area contributed by atoms with Gasteiger partial charge in [0.15, 0.2) is 23.2 Å². The molecule has 2 fully saturated rings. The minimum Gasteiger partial charge on any atom is -0.394 e. The van der Waals surface area contributed by atoms with Crippen molar-refractivity contribution in [3.8, 4) is 0 Å². The molecule has 0 radical (unpaired) electrons. The average molecular weight is 351 g/mol. The number of rotatable bonds is 4. The van der Waals surface area contributed by atoms with E-state index in [1.54, 1.807) is 0 Å². The summed E-state index contributed by atoms with van der Waals surface area (Å²) in [5.41, 5.74) is 0.916. The van der Waals surface area contributed by atoms with Crippen LogP contribution in [-0.2, 0) is 4.74 Å². The second-order valence-corrected chi connectivity index (χ2v) is 6.52. The third-order valence-corrected chi connectivity index (χ3v) is 4.95. The molecule has 25 heavy (non-hydrogen) atoms. The lowest BCUT2D eigenvalue weighted by Gasteiger charge is -2.18. The number of hydrogen-bond donors (Lipinski definition) is 5. The number of hydrogen-bond acceptors (Lipinski definition) is 9. The Kier molecular flexibility index (Phi) is 4.29. The monoisotopic (exact) mass is 351 g/mol. The van der Waals surface area contributed by atoms with E-state index in [0.717, 1.165) is 19.3 Å². The molecular formula is C15H21N5O5. The number of nitrogens with one attached hydrogen (secondary N) is 1. The molecule has 2 aliphatic rings. The summed E-state index contributed by atoms with van der Waals surface area (Å²) in [4.78, 5) is 12.7. The molecule has 0 amide bonds. The van der Waals surface area contributed by atoms with Crippen molar-refractivity contribution >= 4 is 17.0 Å². The molecule has 0 aromatic carbocycles. The molecule has 4 rings (SSSR count). The summed E-state index contributed by atoms with van der Waals surface area (Å²) in [5, 5.41) is 42.6. The number of aromatic nitrogens is 4. The Morgan fingerprint density at radius 2 is 2.00 bits per heavy atom. The predicted molar refractivity (Wildman–Crippen MR) is 85.6 cm³/mol. The highest BCUT2D eigenvalue weighted by molar-refractivity contribution is 5.82. The van der Waals surface area contributed by atoms with E-state index in [2.05, 4.69) is 20.3 Å². The van der Waals surface area contributed by atoms with Crippen LogP contribution in [0.15, 0.2) is 12.7 Å². The molecule has 1 saturated heterocycles. The van der Waals surface area contributed by atoms with Crippen LogP contribution >= 0.6 is 0 Å². The molecule has 2 aromatic rings. The summed E-state index contributed by atoms with van der Waals surface area (Å²) in [6.07, 6.45) is 0.768. The molecule has 1 aliphatic heterocycles. The van der Waals surface area contributed by atoms with E-state index in [4.69, 9.17) is 4.74 Å². The van der Waals surface area contributed by atoms with E-state index < -0.39 is 37.3 Å². The number of fused-ring (bicyclic) bond motifs is 1. The first-order valence-corrected chi connectivity index (χ1v) is 8.34. The molecule has 1 unspecified atom stereocenters. The van der Waals surface area contributed by atoms with Gasteiger partial charge in [0, 0.05) is 0 Å². The zero-order chi connectivity index (χ0) is 17.6. The molecular weight excluding hydrogens is 330 g/mol. The number of nitrogens with zero attached hydrogens (tertiary/aromatic N) is 4. The van der Waals surface area contributed by atoms with Crippen LogP contribution < -0.4 is 5.32 Å². The van der Waals surface area contributed by atoms with Crippen LogP contribution in [0.4, 0.5) is 5.82 Å². The standard InChI is InChI=1S/C15H21N5O5/c21-4-9-11(23)12(24)15(25-9)20-6-18-10-13(16-5-17-14(10)20)19-7-2-1-3-8(7)22/h5-9,11-12,15,21-24H,1-4H2,(H,16,17,19)/t7-,8-,9-,11+,12?,15-/m1/s1. The van der Waals surface area contributed by atoms with E-state index >= 15 is 0 Å². The van der Waals surface area contributed by atoms with Crippen molar-refractivity contribution in [2.75, 3.05) is 11.9 Å². The summed E-state index contributed by atoms with van der Waals surface area (Å²) in [6, 6.07) is -0.0860. The highest BCUT2D eigenvalue weighted by Gasteiger charge is 2.44. The van der Waals surface area contributed by atoms with E-state index in [0.29, 0.717) is 17.0 Å². The lowest BCUT2D eigenvalue weighted by Crippen LogP contribution is -2.33. The summed E-state index contributed by atoms with van der Waals surface area (Å²) >= 11 is 0. The first-order chi connectivity index (χ1) is 12.1. The van der Waals surface area contributed by atoms with Crippen LogP contribution in [-0.4, -0.2) is 77.0 Å². The fourth-order valence-electron chi connectivity index (χ4n) is 3.54. The normalized spacial score (nSPS) is 35.5. The first kappa shape index (κ1) is 16.6. The van der Waals surface area contributed by atoms with Gasteiger partial charge in [-0.2, -0.15) is 0 Å². The molecule has 6 atom stereocenters. The maximum Gasteiger partial charge on any atom is 0.167 e. The number of anilines is 1. The largest absolute Gasteiger partial charge is 0.394 e. The van der Waals surface area contributed by atoms with Crippen LogP contribution in [0.3, 0.4) is 0 Å². The Bertz CT molecular complexity index is 755. The lowest BCUT2D eigenvalue weighted by molar-refractivity contribution is -0.0511. The Balaban J connectivity index is 1.65. The van der Waals surface area contributed by atoms with Crippen molar-refractivity contribution in [3.63, 3.8) is 0 Å². The topological polar surface area (TPSA) is 146 Å². The Hall–Kier alpha value is -1.85. The number of aliphatic hydroxyl groups is 4. The van der Waals surface area contributed by atoms with Gasteiger partial charge in [-0.3, -0.25) is 4.57 Å². The summed E-state index contributed by atoms with van der Waals surface area (Å²) in [7, 11) is 0. The molecule has 1 aliphatic carbocycles. The van der Waals surface area contributed by atoms with E-state index in [1.807, 2.05) is 0 Å². The fraction of sp³-hybridized carbons (Fsp3) is 0.667. The Morgan fingerprint density at radius 3 is 2.68 bits per heavy atom. The minimum atomic E-state index is -1.21. The van der Waals surface area contributed by atoms with Gasteiger partial charge in [0.2, 0.25) is 0 Å². The van der Waals surface area contributed by atoms with Gasteiger partial charge < -0.3 is 30.5 Å². The van der Waals surface area contributed by atoms with E-state index in [9.17, 15) is 20.4 Å². The molecule has 10 nitrogen and oxygen atoms in total. The van der Waals surface area contributed by atoms with Crippen molar-refractivity contribution in [2.24, 2.45) is 0 Å². The minimum absolute atomic E-state index is 0.0860. The average Bonchev–Trinajstić information content (AvgIpc) is 3.29. The number of ether oxygens (including phenoxy) is 1. The fourth-order valence-corrected chi connectivity index (χ4v) is 3.54. The predicted octanol–water partition coefficient (Wildman–Crippen LogP) is -1.24. The molecule has 2 aromatic heterocycles. The van der Waals surface area contributed by atoms with Crippen molar-refractivity contribution in [2.45, 2.75) is 55.9 Å². The van der Waals surface area contributed by atoms with Gasteiger partial charge in [-0.25, -0.2) is 15.0 Å². The zero-order valence-electron chi connectivity index (χ0n) is 13.4. The highest BCUT2D eigenvalue weighted by atomic mass is 16.6. The molecule has 10 heteroatoms. The van der Waals surface area contributed by atoms with Gasteiger partial charge in [-0.05, 0) is 19.3 Å². The summed E-state index contributed by atoms with van der Waals surface area (Å²) in [5.74, 6) is 0.501. The van der Waals surface area contributed by atoms with Crippen LogP contribution in [0, 0.1) is 0 Å². The van der Waals surface area contributed by atoms with Crippen molar-refractivity contribution < 1.29 is 25.2 Å². The van der Waals surface area contributed by atoms with E-state index in [-0.39, 0.29) is 6.04 Å².